The zero-order valence-corrected chi connectivity index (χ0v) is 14.8. The van der Waals surface area contributed by atoms with Crippen LogP contribution in [0, 0.1) is 0 Å². The fourth-order valence-electron chi connectivity index (χ4n) is 2.44. The fraction of sp³-hybridized carbons (Fsp3) is 0.333. The highest BCUT2D eigenvalue weighted by molar-refractivity contribution is 5.92. The summed E-state index contributed by atoms with van der Waals surface area (Å²) in [4.78, 5) is 29.0. The molecule has 1 aromatic carbocycles. The van der Waals surface area contributed by atoms with Crippen LogP contribution >= 0.6 is 0 Å². The number of nitrogens with zero attached hydrogens (tertiary/aromatic N) is 1. The molecule has 0 spiro atoms. The number of rotatable bonds is 7. The van der Waals surface area contributed by atoms with E-state index in [1.807, 2.05) is 19.1 Å². The van der Waals surface area contributed by atoms with Gasteiger partial charge in [0.05, 0.1) is 21.3 Å². The lowest BCUT2D eigenvalue weighted by Gasteiger charge is -2.21. The number of nitrogens with one attached hydrogen (secondary N) is 1. The van der Waals surface area contributed by atoms with Crippen molar-refractivity contribution in [1.29, 1.82) is 0 Å². The Bertz CT molecular complexity index is 800. The van der Waals surface area contributed by atoms with Crippen molar-refractivity contribution in [2.45, 2.75) is 13.5 Å². The zero-order valence-electron chi connectivity index (χ0n) is 14.8. The summed E-state index contributed by atoms with van der Waals surface area (Å²) in [7, 11) is 4.54. The highest BCUT2D eigenvalue weighted by atomic mass is 16.5. The molecule has 0 aliphatic carbocycles. The van der Waals surface area contributed by atoms with E-state index in [1.54, 1.807) is 25.2 Å². The van der Waals surface area contributed by atoms with Gasteiger partial charge < -0.3 is 24.1 Å². The van der Waals surface area contributed by atoms with Gasteiger partial charge in [0.2, 0.25) is 5.43 Å². The first-order valence-electron chi connectivity index (χ1n) is 7.80. The van der Waals surface area contributed by atoms with Gasteiger partial charge in [-0.05, 0) is 24.6 Å². The maximum Gasteiger partial charge on any atom is 0.270 e. The molecule has 0 saturated heterocycles. The second kappa shape index (κ2) is 8.23. The van der Waals surface area contributed by atoms with Gasteiger partial charge in [0, 0.05) is 25.4 Å². The van der Waals surface area contributed by atoms with Gasteiger partial charge in [-0.15, -0.1) is 0 Å². The number of carbonyl (C=O) groups is 1. The number of hydrogen-bond acceptors (Lipinski definition) is 5. The first-order valence-corrected chi connectivity index (χ1v) is 7.80. The quantitative estimate of drug-likeness (QED) is 0.830. The largest absolute Gasteiger partial charge is 0.493 e. The predicted molar refractivity (Wildman–Crippen MR) is 93.6 cm³/mol. The number of aromatic amines is 1. The molecule has 0 fully saturated rings. The van der Waals surface area contributed by atoms with Crippen LogP contribution in [0.2, 0.25) is 0 Å². The lowest BCUT2D eigenvalue weighted by atomic mass is 10.1. The monoisotopic (exact) mass is 346 g/mol. The Labute approximate surface area is 146 Å². The second-order valence-electron chi connectivity index (χ2n) is 5.29. The first kappa shape index (κ1) is 18.4. The third-order valence-corrected chi connectivity index (χ3v) is 3.82. The van der Waals surface area contributed by atoms with E-state index in [2.05, 4.69) is 4.98 Å². The molecule has 0 atom stereocenters. The van der Waals surface area contributed by atoms with Crippen LogP contribution in [0.5, 0.6) is 17.2 Å². The van der Waals surface area contributed by atoms with Crippen LogP contribution in [-0.4, -0.2) is 43.7 Å². The van der Waals surface area contributed by atoms with Crippen molar-refractivity contribution in [2.24, 2.45) is 0 Å². The van der Waals surface area contributed by atoms with E-state index in [1.165, 1.54) is 19.4 Å². The summed E-state index contributed by atoms with van der Waals surface area (Å²) < 4.78 is 15.4. The lowest BCUT2D eigenvalue weighted by Crippen LogP contribution is -2.31. The average Bonchev–Trinajstić information content (AvgIpc) is 2.65. The van der Waals surface area contributed by atoms with Crippen LogP contribution in [0.15, 0.2) is 35.3 Å². The van der Waals surface area contributed by atoms with E-state index < -0.39 is 0 Å². The molecule has 0 aliphatic heterocycles. The summed E-state index contributed by atoms with van der Waals surface area (Å²) in [6.07, 6.45) is 1.39. The van der Waals surface area contributed by atoms with Crippen molar-refractivity contribution in [3.05, 3.63) is 51.9 Å². The van der Waals surface area contributed by atoms with Crippen molar-refractivity contribution in [2.75, 3.05) is 27.9 Å². The minimum atomic E-state index is -0.341. The summed E-state index contributed by atoms with van der Waals surface area (Å²) in [5.74, 6) is 1.12. The Kier molecular flexibility index (Phi) is 6.05. The smallest absolute Gasteiger partial charge is 0.270 e. The number of methoxy groups -OCH3 is 3. The predicted octanol–water partition coefficient (Wildman–Crippen LogP) is 2.06. The van der Waals surface area contributed by atoms with Crippen molar-refractivity contribution in [3.8, 4) is 17.2 Å². The second-order valence-corrected chi connectivity index (χ2v) is 5.29. The van der Waals surface area contributed by atoms with Gasteiger partial charge in [0.15, 0.2) is 17.2 Å². The van der Waals surface area contributed by atoms with Gasteiger partial charge in [-0.3, -0.25) is 9.59 Å². The summed E-state index contributed by atoms with van der Waals surface area (Å²) in [6, 6.07) is 6.74. The zero-order chi connectivity index (χ0) is 18.4. The number of aromatic nitrogens is 1. The molecule has 1 N–H and O–H groups in total. The Morgan fingerprint density at radius 3 is 2.28 bits per heavy atom. The number of hydrogen-bond donors (Lipinski definition) is 1. The highest BCUT2D eigenvalue weighted by Crippen LogP contribution is 2.28. The maximum absolute atomic E-state index is 12.7. The molecule has 25 heavy (non-hydrogen) atoms. The van der Waals surface area contributed by atoms with Gasteiger partial charge in [0.25, 0.3) is 5.91 Å². The number of amides is 1. The SMILES string of the molecule is CCN(Cc1ccc(OC)c(OC)c1)C(=O)c1cc(=O)c(OC)c[nH]1. The lowest BCUT2D eigenvalue weighted by molar-refractivity contribution is 0.0746. The molecular formula is C18H22N2O5. The van der Waals surface area contributed by atoms with E-state index in [9.17, 15) is 9.59 Å². The third kappa shape index (κ3) is 4.12. The molecule has 2 rings (SSSR count). The Morgan fingerprint density at radius 1 is 1.04 bits per heavy atom. The van der Waals surface area contributed by atoms with E-state index in [0.29, 0.717) is 24.6 Å². The van der Waals surface area contributed by atoms with E-state index in [-0.39, 0.29) is 22.8 Å². The molecule has 0 aliphatic rings. The summed E-state index contributed by atoms with van der Waals surface area (Å²) in [6.45, 7) is 2.74. The van der Waals surface area contributed by atoms with Crippen molar-refractivity contribution >= 4 is 5.91 Å². The average molecular weight is 346 g/mol. The normalized spacial score (nSPS) is 10.2. The van der Waals surface area contributed by atoms with Crippen molar-refractivity contribution in [3.63, 3.8) is 0 Å². The topological polar surface area (TPSA) is 80.9 Å². The molecule has 0 radical (unpaired) electrons. The molecule has 1 heterocycles. The Balaban J connectivity index is 2.23. The number of carbonyl (C=O) groups excluding carboxylic acids is 1. The number of benzene rings is 1. The van der Waals surface area contributed by atoms with Gasteiger partial charge >= 0.3 is 0 Å². The molecule has 134 valence electrons. The van der Waals surface area contributed by atoms with Gasteiger partial charge in [-0.1, -0.05) is 6.07 Å². The van der Waals surface area contributed by atoms with Crippen LogP contribution in [0.25, 0.3) is 0 Å². The van der Waals surface area contributed by atoms with Crippen LogP contribution in [0.1, 0.15) is 23.0 Å². The molecule has 2 aromatic rings. The summed E-state index contributed by atoms with van der Waals surface area (Å²) in [5.41, 5.74) is 0.767. The minimum Gasteiger partial charge on any atom is -0.493 e. The van der Waals surface area contributed by atoms with Crippen LogP contribution in [0.4, 0.5) is 0 Å². The van der Waals surface area contributed by atoms with E-state index in [0.717, 1.165) is 5.56 Å². The Hall–Kier alpha value is -2.96. The van der Waals surface area contributed by atoms with Gasteiger partial charge in [-0.25, -0.2) is 0 Å². The van der Waals surface area contributed by atoms with E-state index in [4.69, 9.17) is 14.2 Å². The highest BCUT2D eigenvalue weighted by Gasteiger charge is 2.17. The molecule has 7 heteroatoms. The molecular weight excluding hydrogens is 324 g/mol. The number of pyridine rings is 1. The maximum atomic E-state index is 12.7. The number of H-pyrrole nitrogens is 1. The van der Waals surface area contributed by atoms with E-state index >= 15 is 0 Å². The molecule has 0 unspecified atom stereocenters. The molecule has 0 bridgehead atoms. The summed E-state index contributed by atoms with van der Waals surface area (Å²) in [5, 5.41) is 0. The Morgan fingerprint density at radius 2 is 1.72 bits per heavy atom. The van der Waals surface area contributed by atoms with Crippen LogP contribution in [-0.2, 0) is 6.54 Å². The first-order chi connectivity index (χ1) is 12.0. The van der Waals surface area contributed by atoms with Crippen LogP contribution < -0.4 is 19.6 Å². The summed E-state index contributed by atoms with van der Waals surface area (Å²) >= 11 is 0. The standard InChI is InChI=1S/C18H22N2O5/c1-5-20(11-12-6-7-15(23-2)16(8-12)24-3)18(22)13-9-14(21)17(25-4)10-19-13/h6-10H,5,11H2,1-4H3,(H,19,21). The molecule has 7 nitrogen and oxygen atoms in total. The van der Waals surface area contributed by atoms with Crippen molar-refractivity contribution < 1.29 is 19.0 Å². The fourth-order valence-corrected chi connectivity index (χ4v) is 2.44. The van der Waals surface area contributed by atoms with Gasteiger partial charge in [-0.2, -0.15) is 0 Å². The van der Waals surface area contributed by atoms with Gasteiger partial charge in [0.1, 0.15) is 5.69 Å². The molecule has 1 amide bonds. The number of ether oxygens (including phenoxy) is 3. The molecule has 0 saturated carbocycles. The minimum absolute atomic E-state index is 0.166. The van der Waals surface area contributed by atoms with Crippen LogP contribution in [0.3, 0.4) is 0 Å². The molecule has 1 aromatic heterocycles. The third-order valence-electron chi connectivity index (χ3n) is 3.82. The van der Waals surface area contributed by atoms with Crippen molar-refractivity contribution in [1.82, 2.24) is 9.88 Å².